The minimum absolute atomic E-state index is 0.0803. The van der Waals surface area contributed by atoms with Gasteiger partial charge in [-0.05, 0) is 37.1 Å². The monoisotopic (exact) mass is 437 g/mol. The molecule has 0 radical (unpaired) electrons. The fraction of sp³-hybridized carbons (Fsp3) is 0.182. The summed E-state index contributed by atoms with van der Waals surface area (Å²) in [6.07, 6.45) is 1.57. The van der Waals surface area contributed by atoms with Crippen molar-refractivity contribution in [3.63, 3.8) is 0 Å². The first-order valence-electron chi connectivity index (χ1n) is 9.59. The standard InChI is InChI=1S/C22H20ClN5O3/c1-14-7-3-4-8-16(14)11-28-13-24-22(26-28)25-21(29)20-17(15(2)31-27-20)12-30-19-10-6-5-9-18(19)23/h3-10,13H,11-12H2,1-2H3,(H,25,26,29). The van der Waals surface area contributed by atoms with Crippen molar-refractivity contribution < 1.29 is 14.1 Å². The van der Waals surface area contributed by atoms with Crippen LogP contribution in [0.15, 0.2) is 59.4 Å². The quantitative estimate of drug-likeness (QED) is 0.460. The van der Waals surface area contributed by atoms with Gasteiger partial charge in [-0.1, -0.05) is 53.2 Å². The average molecular weight is 438 g/mol. The van der Waals surface area contributed by atoms with E-state index in [0.717, 1.165) is 11.1 Å². The molecule has 2 heterocycles. The van der Waals surface area contributed by atoms with Crippen LogP contribution in [0.5, 0.6) is 5.75 Å². The van der Waals surface area contributed by atoms with E-state index < -0.39 is 5.91 Å². The number of aryl methyl sites for hydroxylation is 2. The van der Waals surface area contributed by atoms with Gasteiger partial charge in [0.15, 0.2) is 5.69 Å². The van der Waals surface area contributed by atoms with E-state index >= 15 is 0 Å². The van der Waals surface area contributed by atoms with Gasteiger partial charge in [0, 0.05) is 0 Å². The second-order valence-corrected chi connectivity index (χ2v) is 7.34. The molecule has 31 heavy (non-hydrogen) atoms. The Morgan fingerprint density at radius 1 is 1.16 bits per heavy atom. The van der Waals surface area contributed by atoms with E-state index in [0.29, 0.717) is 28.6 Å². The van der Waals surface area contributed by atoms with Crippen molar-refractivity contribution in [3.8, 4) is 5.75 Å². The number of anilines is 1. The molecule has 0 saturated carbocycles. The van der Waals surface area contributed by atoms with Gasteiger partial charge in [0.1, 0.15) is 24.4 Å². The minimum atomic E-state index is -0.483. The van der Waals surface area contributed by atoms with E-state index in [1.807, 2.05) is 43.3 Å². The van der Waals surface area contributed by atoms with Crippen LogP contribution in [0, 0.1) is 13.8 Å². The number of halogens is 1. The Hall–Kier alpha value is -3.65. The highest BCUT2D eigenvalue weighted by atomic mass is 35.5. The number of rotatable bonds is 7. The van der Waals surface area contributed by atoms with Gasteiger partial charge in [-0.25, -0.2) is 9.67 Å². The zero-order valence-electron chi connectivity index (χ0n) is 17.0. The number of carbonyl (C=O) groups is 1. The van der Waals surface area contributed by atoms with Crippen LogP contribution in [0.2, 0.25) is 5.02 Å². The zero-order valence-corrected chi connectivity index (χ0v) is 17.8. The lowest BCUT2D eigenvalue weighted by molar-refractivity contribution is 0.101. The topological polar surface area (TPSA) is 95.1 Å². The molecular formula is C22H20ClN5O3. The molecule has 0 aliphatic heterocycles. The molecule has 0 atom stereocenters. The van der Waals surface area contributed by atoms with E-state index in [1.54, 1.807) is 30.1 Å². The van der Waals surface area contributed by atoms with Gasteiger partial charge in [-0.2, -0.15) is 0 Å². The van der Waals surface area contributed by atoms with E-state index in [9.17, 15) is 4.79 Å². The van der Waals surface area contributed by atoms with E-state index in [4.69, 9.17) is 20.9 Å². The van der Waals surface area contributed by atoms with Crippen molar-refractivity contribution in [2.45, 2.75) is 27.0 Å². The van der Waals surface area contributed by atoms with Crippen LogP contribution in [0.25, 0.3) is 0 Å². The fourth-order valence-electron chi connectivity index (χ4n) is 3.00. The van der Waals surface area contributed by atoms with Crippen molar-refractivity contribution in [3.05, 3.63) is 88.0 Å². The van der Waals surface area contributed by atoms with Crippen molar-refractivity contribution in [1.82, 2.24) is 19.9 Å². The van der Waals surface area contributed by atoms with Crippen LogP contribution in [-0.2, 0) is 13.2 Å². The summed E-state index contributed by atoms with van der Waals surface area (Å²) in [5.74, 6) is 0.684. The summed E-state index contributed by atoms with van der Waals surface area (Å²) in [7, 11) is 0. The Bertz CT molecular complexity index is 1220. The van der Waals surface area contributed by atoms with E-state index in [2.05, 4.69) is 20.6 Å². The van der Waals surface area contributed by atoms with Gasteiger partial charge in [0.05, 0.1) is 17.1 Å². The third-order valence-corrected chi connectivity index (χ3v) is 5.08. The number of ether oxygens (including phenoxy) is 1. The number of nitrogens with one attached hydrogen (secondary N) is 1. The van der Waals surface area contributed by atoms with Gasteiger partial charge in [0.25, 0.3) is 5.91 Å². The first kappa shape index (κ1) is 20.6. The third-order valence-electron chi connectivity index (χ3n) is 4.76. The number of nitrogens with zero attached hydrogens (tertiary/aromatic N) is 4. The molecule has 4 rings (SSSR count). The van der Waals surface area contributed by atoms with Crippen molar-refractivity contribution >= 4 is 23.5 Å². The summed E-state index contributed by atoms with van der Waals surface area (Å²) in [4.78, 5) is 16.9. The molecule has 2 aromatic heterocycles. The number of benzene rings is 2. The lowest BCUT2D eigenvalue weighted by atomic mass is 10.1. The number of aromatic nitrogens is 4. The number of amides is 1. The highest BCUT2D eigenvalue weighted by molar-refractivity contribution is 6.32. The Kier molecular flexibility index (Phi) is 5.99. The smallest absolute Gasteiger partial charge is 0.280 e. The maximum Gasteiger partial charge on any atom is 0.280 e. The fourth-order valence-corrected chi connectivity index (χ4v) is 3.19. The highest BCUT2D eigenvalue weighted by Crippen LogP contribution is 2.25. The van der Waals surface area contributed by atoms with Crippen LogP contribution in [0.1, 0.15) is 32.9 Å². The first-order valence-corrected chi connectivity index (χ1v) is 9.97. The second kappa shape index (κ2) is 9.01. The summed E-state index contributed by atoms with van der Waals surface area (Å²) >= 11 is 6.12. The Labute approximate surface area is 183 Å². The summed E-state index contributed by atoms with van der Waals surface area (Å²) < 4.78 is 12.6. The normalized spacial score (nSPS) is 10.8. The molecule has 0 saturated heterocycles. The van der Waals surface area contributed by atoms with Crippen molar-refractivity contribution in [2.75, 3.05) is 5.32 Å². The van der Waals surface area contributed by atoms with Crippen LogP contribution in [-0.4, -0.2) is 25.8 Å². The Balaban J connectivity index is 1.44. The summed E-state index contributed by atoms with van der Waals surface area (Å²) in [5, 5.41) is 11.3. The maximum absolute atomic E-state index is 12.7. The molecule has 158 valence electrons. The van der Waals surface area contributed by atoms with Gasteiger partial charge >= 0.3 is 0 Å². The van der Waals surface area contributed by atoms with Crippen LogP contribution in [0.4, 0.5) is 5.95 Å². The van der Waals surface area contributed by atoms with Gasteiger partial charge < -0.3 is 9.26 Å². The predicted molar refractivity (Wildman–Crippen MR) is 115 cm³/mol. The molecule has 4 aromatic rings. The Morgan fingerprint density at radius 3 is 2.74 bits per heavy atom. The average Bonchev–Trinajstić information content (AvgIpc) is 3.35. The SMILES string of the molecule is Cc1ccccc1Cn1cnc(NC(=O)c2noc(C)c2COc2ccccc2Cl)n1. The summed E-state index contributed by atoms with van der Waals surface area (Å²) in [5.41, 5.74) is 2.91. The molecule has 1 amide bonds. The number of para-hydroxylation sites is 1. The zero-order chi connectivity index (χ0) is 21.8. The van der Waals surface area contributed by atoms with Crippen molar-refractivity contribution in [1.29, 1.82) is 0 Å². The first-order chi connectivity index (χ1) is 15.0. The molecule has 8 nitrogen and oxygen atoms in total. The molecule has 9 heteroatoms. The number of hydrogen-bond acceptors (Lipinski definition) is 6. The molecule has 0 aliphatic carbocycles. The molecule has 0 bridgehead atoms. The summed E-state index contributed by atoms with van der Waals surface area (Å²) in [6.45, 7) is 4.38. The molecule has 0 unspecified atom stereocenters. The highest BCUT2D eigenvalue weighted by Gasteiger charge is 2.22. The second-order valence-electron chi connectivity index (χ2n) is 6.93. The Morgan fingerprint density at radius 2 is 1.94 bits per heavy atom. The van der Waals surface area contributed by atoms with Crippen LogP contribution >= 0.6 is 11.6 Å². The van der Waals surface area contributed by atoms with Crippen molar-refractivity contribution in [2.24, 2.45) is 0 Å². The van der Waals surface area contributed by atoms with E-state index in [-0.39, 0.29) is 18.2 Å². The molecule has 0 fully saturated rings. The van der Waals surface area contributed by atoms with Gasteiger partial charge in [-0.15, -0.1) is 5.10 Å². The predicted octanol–water partition coefficient (Wildman–Crippen LogP) is 4.42. The molecule has 0 spiro atoms. The molecule has 2 aromatic carbocycles. The molecular weight excluding hydrogens is 418 g/mol. The molecule has 0 aliphatic rings. The lowest BCUT2D eigenvalue weighted by Crippen LogP contribution is -2.16. The van der Waals surface area contributed by atoms with E-state index in [1.165, 1.54) is 0 Å². The molecule has 1 N–H and O–H groups in total. The third kappa shape index (κ3) is 4.75. The van der Waals surface area contributed by atoms with Crippen LogP contribution < -0.4 is 10.1 Å². The number of carbonyl (C=O) groups excluding carboxylic acids is 1. The number of hydrogen-bond donors (Lipinski definition) is 1. The minimum Gasteiger partial charge on any atom is -0.487 e. The van der Waals surface area contributed by atoms with Gasteiger partial charge in [-0.3, -0.25) is 10.1 Å². The largest absolute Gasteiger partial charge is 0.487 e. The summed E-state index contributed by atoms with van der Waals surface area (Å²) in [6, 6.07) is 15.1. The van der Waals surface area contributed by atoms with Crippen LogP contribution in [0.3, 0.4) is 0 Å². The van der Waals surface area contributed by atoms with Gasteiger partial charge in [0.2, 0.25) is 5.95 Å². The maximum atomic E-state index is 12.7. The lowest BCUT2D eigenvalue weighted by Gasteiger charge is -2.08.